The Morgan fingerprint density at radius 1 is 1.20 bits per heavy atom. The van der Waals surface area contributed by atoms with Crippen LogP contribution in [-0.2, 0) is 17.9 Å². The molecule has 1 saturated heterocycles. The van der Waals surface area contributed by atoms with Crippen LogP contribution in [-0.4, -0.2) is 42.4 Å². The standard InChI is InChI=1S/C22H27N3O5/c1-15-5-7-24(8-6-15)11-17-10-18(26)21(28-2)12-25(17)13-22(27)23-16-3-4-19-20(9-16)30-14-29-19/h3-4,9-10,12,15H,5-8,11,13-14H2,1-2H3,(H,23,27). The number of piperidine rings is 1. The second-order valence-electron chi connectivity index (χ2n) is 7.90. The smallest absolute Gasteiger partial charge is 0.244 e. The van der Waals surface area contributed by atoms with Gasteiger partial charge in [0, 0.05) is 30.1 Å². The molecule has 0 unspecified atom stereocenters. The lowest BCUT2D eigenvalue weighted by Gasteiger charge is -2.31. The molecule has 3 heterocycles. The lowest BCUT2D eigenvalue weighted by Crippen LogP contribution is -2.34. The van der Waals surface area contributed by atoms with Crippen molar-refractivity contribution in [2.75, 3.05) is 32.3 Å². The average Bonchev–Trinajstić information content (AvgIpc) is 3.19. The fourth-order valence-electron chi connectivity index (χ4n) is 3.81. The predicted molar refractivity (Wildman–Crippen MR) is 112 cm³/mol. The largest absolute Gasteiger partial charge is 0.491 e. The number of aromatic nitrogens is 1. The van der Waals surface area contributed by atoms with Crippen LogP contribution in [0.15, 0.2) is 35.3 Å². The van der Waals surface area contributed by atoms with E-state index in [0.717, 1.165) is 37.5 Å². The van der Waals surface area contributed by atoms with E-state index in [2.05, 4.69) is 17.1 Å². The zero-order valence-electron chi connectivity index (χ0n) is 17.3. The van der Waals surface area contributed by atoms with Gasteiger partial charge in [0.1, 0.15) is 6.54 Å². The minimum absolute atomic E-state index is 0.0741. The molecule has 0 saturated carbocycles. The lowest BCUT2D eigenvalue weighted by atomic mass is 9.99. The Hall–Kier alpha value is -3.00. The van der Waals surface area contributed by atoms with Crippen molar-refractivity contribution >= 4 is 11.6 Å². The number of carbonyl (C=O) groups is 1. The fourth-order valence-corrected chi connectivity index (χ4v) is 3.81. The summed E-state index contributed by atoms with van der Waals surface area (Å²) in [5.74, 6) is 2.02. The molecule has 2 aromatic rings. The van der Waals surface area contributed by atoms with E-state index >= 15 is 0 Å². The number of hydrogen-bond acceptors (Lipinski definition) is 6. The maximum Gasteiger partial charge on any atom is 0.244 e. The summed E-state index contributed by atoms with van der Waals surface area (Å²) in [7, 11) is 1.46. The van der Waals surface area contributed by atoms with E-state index in [1.807, 2.05) is 0 Å². The van der Waals surface area contributed by atoms with E-state index in [9.17, 15) is 9.59 Å². The summed E-state index contributed by atoms with van der Waals surface area (Å²) in [5.41, 5.74) is 1.25. The van der Waals surface area contributed by atoms with Crippen LogP contribution in [0.25, 0.3) is 0 Å². The Bertz CT molecular complexity index is 979. The summed E-state index contributed by atoms with van der Waals surface area (Å²) in [6.45, 7) is 5.13. The van der Waals surface area contributed by atoms with Gasteiger partial charge >= 0.3 is 0 Å². The number of hydrogen-bond donors (Lipinski definition) is 1. The van der Waals surface area contributed by atoms with Gasteiger partial charge in [-0.25, -0.2) is 0 Å². The van der Waals surface area contributed by atoms with Crippen molar-refractivity contribution in [2.24, 2.45) is 5.92 Å². The zero-order chi connectivity index (χ0) is 21.1. The highest BCUT2D eigenvalue weighted by Crippen LogP contribution is 2.34. The summed E-state index contributed by atoms with van der Waals surface area (Å²) in [5, 5.41) is 2.88. The number of anilines is 1. The van der Waals surface area contributed by atoms with Gasteiger partial charge in [0.2, 0.25) is 18.1 Å². The van der Waals surface area contributed by atoms with Gasteiger partial charge in [-0.05, 0) is 44.0 Å². The van der Waals surface area contributed by atoms with Crippen LogP contribution in [0.5, 0.6) is 17.2 Å². The molecule has 1 fully saturated rings. The third-order valence-electron chi connectivity index (χ3n) is 5.63. The minimum atomic E-state index is -0.201. The molecule has 8 nitrogen and oxygen atoms in total. The molecule has 0 spiro atoms. The Balaban J connectivity index is 1.50. The summed E-state index contributed by atoms with van der Waals surface area (Å²) in [6.07, 6.45) is 3.90. The molecule has 8 heteroatoms. The van der Waals surface area contributed by atoms with Gasteiger partial charge in [0.15, 0.2) is 17.2 Å². The number of ether oxygens (including phenoxy) is 3. The Morgan fingerprint density at radius 2 is 1.97 bits per heavy atom. The van der Waals surface area contributed by atoms with Gasteiger partial charge in [-0.2, -0.15) is 0 Å². The van der Waals surface area contributed by atoms with Crippen LogP contribution in [0.3, 0.4) is 0 Å². The van der Waals surface area contributed by atoms with Crippen LogP contribution in [0.4, 0.5) is 5.69 Å². The van der Waals surface area contributed by atoms with Crippen LogP contribution in [0.2, 0.25) is 0 Å². The molecule has 0 aliphatic carbocycles. The Kier molecular flexibility index (Phi) is 5.94. The van der Waals surface area contributed by atoms with Crippen molar-refractivity contribution in [3.63, 3.8) is 0 Å². The van der Waals surface area contributed by atoms with Gasteiger partial charge < -0.3 is 24.1 Å². The minimum Gasteiger partial charge on any atom is -0.491 e. The number of amides is 1. The molecule has 4 rings (SSSR count). The van der Waals surface area contributed by atoms with Gasteiger partial charge in [-0.1, -0.05) is 6.92 Å². The molecule has 160 valence electrons. The van der Waals surface area contributed by atoms with E-state index in [0.29, 0.717) is 23.7 Å². The van der Waals surface area contributed by atoms with E-state index < -0.39 is 0 Å². The van der Waals surface area contributed by atoms with E-state index in [-0.39, 0.29) is 30.4 Å². The quantitative estimate of drug-likeness (QED) is 0.784. The van der Waals surface area contributed by atoms with E-state index in [1.54, 1.807) is 35.0 Å². The predicted octanol–water partition coefficient (Wildman–Crippen LogP) is 2.46. The first-order chi connectivity index (χ1) is 14.5. The normalized spacial score (nSPS) is 16.5. The molecule has 1 aromatic heterocycles. The summed E-state index contributed by atoms with van der Waals surface area (Å²) in [4.78, 5) is 27.4. The monoisotopic (exact) mass is 413 g/mol. The van der Waals surface area contributed by atoms with E-state index in [4.69, 9.17) is 14.2 Å². The molecule has 2 aliphatic rings. The first-order valence-electron chi connectivity index (χ1n) is 10.2. The second kappa shape index (κ2) is 8.79. The molecule has 1 amide bonds. The number of carbonyl (C=O) groups excluding carboxylic acids is 1. The molecule has 0 atom stereocenters. The van der Waals surface area contributed by atoms with Crippen molar-refractivity contribution in [2.45, 2.75) is 32.9 Å². The highest BCUT2D eigenvalue weighted by molar-refractivity contribution is 5.91. The van der Waals surface area contributed by atoms with Crippen LogP contribution in [0.1, 0.15) is 25.5 Å². The maximum atomic E-state index is 12.7. The van der Waals surface area contributed by atoms with Crippen molar-refractivity contribution < 1.29 is 19.0 Å². The van der Waals surface area contributed by atoms with Gasteiger partial charge in [0.25, 0.3) is 0 Å². The van der Waals surface area contributed by atoms with Gasteiger partial charge in [-0.15, -0.1) is 0 Å². The number of fused-ring (bicyclic) bond motifs is 1. The second-order valence-corrected chi connectivity index (χ2v) is 7.90. The third kappa shape index (κ3) is 4.59. The molecule has 1 N–H and O–H groups in total. The fraction of sp³-hybridized carbons (Fsp3) is 0.455. The highest BCUT2D eigenvalue weighted by atomic mass is 16.7. The van der Waals surface area contributed by atoms with Crippen molar-refractivity contribution in [1.29, 1.82) is 0 Å². The zero-order valence-corrected chi connectivity index (χ0v) is 17.3. The van der Waals surface area contributed by atoms with Gasteiger partial charge in [0.05, 0.1) is 13.3 Å². The number of rotatable bonds is 6. The molecule has 1 aromatic carbocycles. The van der Waals surface area contributed by atoms with E-state index in [1.165, 1.54) is 7.11 Å². The topological polar surface area (TPSA) is 82.0 Å². The van der Waals surface area contributed by atoms with Crippen LogP contribution >= 0.6 is 0 Å². The highest BCUT2D eigenvalue weighted by Gasteiger charge is 2.19. The molecule has 2 aliphatic heterocycles. The number of nitrogens with one attached hydrogen (secondary N) is 1. The van der Waals surface area contributed by atoms with Crippen LogP contribution < -0.4 is 25.0 Å². The number of likely N-dealkylation sites (tertiary alicyclic amines) is 1. The number of methoxy groups -OCH3 is 1. The lowest BCUT2D eigenvalue weighted by molar-refractivity contribution is -0.116. The van der Waals surface area contributed by atoms with Crippen LogP contribution in [0, 0.1) is 5.92 Å². The molecule has 0 bridgehead atoms. The average molecular weight is 413 g/mol. The summed E-state index contributed by atoms with van der Waals surface area (Å²) >= 11 is 0. The molecule has 30 heavy (non-hydrogen) atoms. The van der Waals surface area contributed by atoms with Crippen molar-refractivity contribution in [3.05, 3.63) is 46.4 Å². The SMILES string of the molecule is COc1cn(CC(=O)Nc2ccc3c(c2)OCO3)c(CN2CCC(C)CC2)cc1=O. The number of pyridine rings is 1. The van der Waals surface area contributed by atoms with Crippen molar-refractivity contribution in [1.82, 2.24) is 9.47 Å². The summed E-state index contributed by atoms with van der Waals surface area (Å²) < 4.78 is 17.6. The third-order valence-corrected chi connectivity index (χ3v) is 5.63. The molecule has 0 radical (unpaired) electrons. The first-order valence-corrected chi connectivity index (χ1v) is 10.2. The van der Waals surface area contributed by atoms with Crippen molar-refractivity contribution in [3.8, 4) is 17.2 Å². The molecular formula is C22H27N3O5. The number of benzene rings is 1. The van der Waals surface area contributed by atoms with Gasteiger partial charge in [-0.3, -0.25) is 14.5 Å². The Morgan fingerprint density at radius 3 is 2.73 bits per heavy atom. The maximum absolute atomic E-state index is 12.7. The number of nitrogens with zero attached hydrogens (tertiary/aromatic N) is 2. The summed E-state index contributed by atoms with van der Waals surface area (Å²) in [6, 6.07) is 6.85. The Labute approximate surface area is 175 Å². The first kappa shape index (κ1) is 20.3. The molecular weight excluding hydrogens is 386 g/mol.